The van der Waals surface area contributed by atoms with Crippen LogP contribution in [-0.4, -0.2) is 11.2 Å². The summed E-state index contributed by atoms with van der Waals surface area (Å²) >= 11 is 1.73. The van der Waals surface area contributed by atoms with E-state index in [1.165, 1.54) is 4.88 Å². The van der Waals surface area contributed by atoms with Crippen molar-refractivity contribution in [1.82, 2.24) is 4.57 Å². The third-order valence-electron chi connectivity index (χ3n) is 3.92. The monoisotopic (exact) mass is 297 g/mol. The van der Waals surface area contributed by atoms with Crippen molar-refractivity contribution < 1.29 is 4.74 Å². The second-order valence-corrected chi connectivity index (χ2v) is 6.28. The summed E-state index contributed by atoms with van der Waals surface area (Å²) in [5.74, 6) is 0.762. The van der Waals surface area contributed by atoms with E-state index < -0.39 is 0 Å². The van der Waals surface area contributed by atoms with Crippen molar-refractivity contribution in [3.8, 4) is 5.88 Å². The Bertz CT molecular complexity index is 849. The lowest BCUT2D eigenvalue weighted by Gasteiger charge is -2.23. The number of ether oxygens (including phenoxy) is 1. The molecule has 3 heterocycles. The first kappa shape index (κ1) is 12.7. The number of rotatable bonds is 2. The van der Waals surface area contributed by atoms with Gasteiger partial charge in [-0.1, -0.05) is 18.2 Å². The maximum atomic E-state index is 12.6. The van der Waals surface area contributed by atoms with Crippen LogP contribution in [-0.2, 0) is 13.0 Å². The van der Waals surface area contributed by atoms with E-state index in [9.17, 15) is 4.79 Å². The number of nitrogens with zero attached hydrogens (tertiary/aromatic N) is 1. The average Bonchev–Trinajstić information content (AvgIpc) is 3.04. The normalized spacial score (nSPS) is 13.9. The molecule has 0 spiro atoms. The molecule has 0 bridgehead atoms. The molecule has 0 N–H and O–H groups in total. The fourth-order valence-corrected chi connectivity index (χ4v) is 3.64. The van der Waals surface area contributed by atoms with Gasteiger partial charge in [0.15, 0.2) is 5.43 Å². The van der Waals surface area contributed by atoms with Crippen molar-refractivity contribution in [2.75, 3.05) is 6.61 Å². The lowest BCUT2D eigenvalue weighted by atomic mass is 10.0. The summed E-state index contributed by atoms with van der Waals surface area (Å²) in [5, 5.41) is 2.87. The topological polar surface area (TPSA) is 31.2 Å². The zero-order valence-electron chi connectivity index (χ0n) is 11.5. The maximum absolute atomic E-state index is 12.6. The van der Waals surface area contributed by atoms with Gasteiger partial charge in [0.1, 0.15) is 0 Å². The fraction of sp³-hybridized carbons (Fsp3) is 0.235. The minimum Gasteiger partial charge on any atom is -0.479 e. The van der Waals surface area contributed by atoms with Gasteiger partial charge in [0, 0.05) is 10.3 Å². The molecule has 1 aliphatic heterocycles. The van der Waals surface area contributed by atoms with Gasteiger partial charge < -0.3 is 9.30 Å². The molecule has 21 heavy (non-hydrogen) atoms. The van der Waals surface area contributed by atoms with Crippen LogP contribution in [0.15, 0.2) is 46.6 Å². The quantitative estimate of drug-likeness (QED) is 0.725. The van der Waals surface area contributed by atoms with Crippen LogP contribution in [0, 0.1) is 0 Å². The van der Waals surface area contributed by atoms with E-state index >= 15 is 0 Å². The van der Waals surface area contributed by atoms with E-state index in [0.717, 1.165) is 41.7 Å². The zero-order chi connectivity index (χ0) is 14.2. The standard InChI is InChI=1S/C17H15NO2S/c19-16-13-6-1-2-8-15(13)18(11-12-5-4-10-21-12)17-14(16)7-3-9-20-17/h1-2,4-6,8,10H,3,7,9,11H2. The minimum absolute atomic E-state index is 0.128. The fourth-order valence-electron chi connectivity index (χ4n) is 2.95. The summed E-state index contributed by atoms with van der Waals surface area (Å²) in [6.07, 6.45) is 1.73. The largest absolute Gasteiger partial charge is 0.479 e. The molecule has 0 saturated carbocycles. The Hall–Kier alpha value is -2.07. The summed E-state index contributed by atoms with van der Waals surface area (Å²) in [6.45, 7) is 1.44. The van der Waals surface area contributed by atoms with Crippen molar-refractivity contribution in [2.45, 2.75) is 19.4 Å². The summed E-state index contributed by atoms with van der Waals surface area (Å²) in [7, 11) is 0. The van der Waals surface area contributed by atoms with E-state index in [-0.39, 0.29) is 5.43 Å². The molecule has 0 atom stereocenters. The Balaban J connectivity index is 2.02. The highest BCUT2D eigenvalue weighted by Crippen LogP contribution is 2.28. The number of hydrogen-bond acceptors (Lipinski definition) is 3. The molecule has 0 saturated heterocycles. The Kier molecular flexibility index (Phi) is 3.04. The highest BCUT2D eigenvalue weighted by molar-refractivity contribution is 7.09. The van der Waals surface area contributed by atoms with Gasteiger partial charge in [0.05, 0.1) is 24.2 Å². The second kappa shape index (κ2) is 5.04. The van der Waals surface area contributed by atoms with Gasteiger partial charge in [0.25, 0.3) is 0 Å². The predicted molar refractivity (Wildman–Crippen MR) is 85.4 cm³/mol. The lowest BCUT2D eigenvalue weighted by molar-refractivity contribution is 0.263. The van der Waals surface area contributed by atoms with E-state index in [4.69, 9.17) is 4.74 Å². The smallest absolute Gasteiger partial charge is 0.201 e. The van der Waals surface area contributed by atoms with Gasteiger partial charge in [-0.25, -0.2) is 0 Å². The molecule has 4 rings (SSSR count). The predicted octanol–water partition coefficient (Wildman–Crippen LogP) is 3.44. The van der Waals surface area contributed by atoms with Gasteiger partial charge >= 0.3 is 0 Å². The molecule has 3 nitrogen and oxygen atoms in total. The third kappa shape index (κ3) is 2.07. The van der Waals surface area contributed by atoms with Crippen molar-refractivity contribution in [1.29, 1.82) is 0 Å². The Morgan fingerprint density at radius 2 is 2.10 bits per heavy atom. The number of aromatic nitrogens is 1. The van der Waals surface area contributed by atoms with Crippen LogP contribution in [0.2, 0.25) is 0 Å². The number of hydrogen-bond donors (Lipinski definition) is 0. The SMILES string of the molecule is O=c1c2c(n(Cc3cccs3)c3ccccc13)OCCC2. The molecule has 4 heteroatoms. The van der Waals surface area contributed by atoms with Crippen LogP contribution in [0.25, 0.3) is 10.9 Å². The first-order valence-electron chi connectivity index (χ1n) is 7.14. The maximum Gasteiger partial charge on any atom is 0.201 e. The molecule has 0 unspecified atom stereocenters. The van der Waals surface area contributed by atoms with Crippen LogP contribution in [0.1, 0.15) is 16.9 Å². The molecule has 1 aromatic carbocycles. The minimum atomic E-state index is 0.128. The second-order valence-electron chi connectivity index (χ2n) is 5.25. The molecule has 1 aliphatic rings. The van der Waals surface area contributed by atoms with Crippen LogP contribution in [0.5, 0.6) is 5.88 Å². The average molecular weight is 297 g/mol. The number of benzene rings is 1. The van der Waals surface area contributed by atoms with Crippen LogP contribution < -0.4 is 10.2 Å². The first-order chi connectivity index (χ1) is 10.3. The summed E-state index contributed by atoms with van der Waals surface area (Å²) in [4.78, 5) is 13.9. The summed E-state index contributed by atoms with van der Waals surface area (Å²) in [6, 6.07) is 12.0. The van der Waals surface area contributed by atoms with Crippen molar-refractivity contribution in [3.63, 3.8) is 0 Å². The highest BCUT2D eigenvalue weighted by atomic mass is 32.1. The molecule has 106 valence electrons. The first-order valence-corrected chi connectivity index (χ1v) is 8.02. The van der Waals surface area contributed by atoms with E-state index in [0.29, 0.717) is 6.61 Å². The van der Waals surface area contributed by atoms with Gasteiger partial charge in [0.2, 0.25) is 5.88 Å². The van der Waals surface area contributed by atoms with E-state index in [1.807, 2.05) is 24.3 Å². The summed E-state index contributed by atoms with van der Waals surface area (Å²) in [5.41, 5.74) is 1.91. The van der Waals surface area contributed by atoms with Gasteiger partial charge in [-0.2, -0.15) is 0 Å². The van der Waals surface area contributed by atoms with Crippen molar-refractivity contribution in [3.05, 3.63) is 62.4 Å². The highest BCUT2D eigenvalue weighted by Gasteiger charge is 2.21. The third-order valence-corrected chi connectivity index (χ3v) is 4.78. The molecular formula is C17H15NO2S. The molecule has 0 amide bonds. The number of para-hydroxylation sites is 1. The van der Waals surface area contributed by atoms with E-state index in [1.54, 1.807) is 11.3 Å². The molecular weight excluding hydrogens is 282 g/mol. The van der Waals surface area contributed by atoms with E-state index in [2.05, 4.69) is 22.1 Å². The van der Waals surface area contributed by atoms with Crippen molar-refractivity contribution >= 4 is 22.2 Å². The van der Waals surface area contributed by atoms with Gasteiger partial charge in [-0.3, -0.25) is 4.79 Å². The molecule has 0 aliphatic carbocycles. The van der Waals surface area contributed by atoms with Crippen LogP contribution in [0.4, 0.5) is 0 Å². The molecule has 0 fully saturated rings. The molecule has 3 aromatic rings. The number of pyridine rings is 1. The van der Waals surface area contributed by atoms with Crippen molar-refractivity contribution in [2.24, 2.45) is 0 Å². The molecule has 0 radical (unpaired) electrons. The number of thiophene rings is 1. The van der Waals surface area contributed by atoms with Crippen LogP contribution in [0.3, 0.4) is 0 Å². The Morgan fingerprint density at radius 3 is 2.95 bits per heavy atom. The molecule has 2 aromatic heterocycles. The van der Waals surface area contributed by atoms with Gasteiger partial charge in [-0.05, 0) is 36.4 Å². The number of fused-ring (bicyclic) bond motifs is 2. The zero-order valence-corrected chi connectivity index (χ0v) is 12.4. The summed E-state index contributed by atoms with van der Waals surface area (Å²) < 4.78 is 8.01. The van der Waals surface area contributed by atoms with Gasteiger partial charge in [-0.15, -0.1) is 11.3 Å². The Morgan fingerprint density at radius 1 is 1.19 bits per heavy atom. The lowest BCUT2D eigenvalue weighted by Crippen LogP contribution is -2.23. The Labute approximate surface area is 126 Å². The van der Waals surface area contributed by atoms with Crippen LogP contribution >= 0.6 is 11.3 Å².